The molecule has 0 unspecified atom stereocenters. The molecule has 6 heteroatoms. The van der Waals surface area contributed by atoms with Crippen molar-refractivity contribution in [2.75, 3.05) is 19.0 Å². The first-order valence-corrected chi connectivity index (χ1v) is 6.37. The van der Waals surface area contributed by atoms with E-state index in [1.165, 1.54) is 0 Å². The maximum Gasteiger partial charge on any atom is 0.193 e. The van der Waals surface area contributed by atoms with Gasteiger partial charge in [-0.1, -0.05) is 0 Å². The first-order chi connectivity index (χ1) is 9.67. The van der Waals surface area contributed by atoms with Gasteiger partial charge in [-0.2, -0.15) is 5.10 Å². The van der Waals surface area contributed by atoms with Crippen molar-refractivity contribution in [1.82, 2.24) is 9.78 Å². The molecule has 106 valence electrons. The summed E-state index contributed by atoms with van der Waals surface area (Å²) in [6, 6.07) is 7.50. The quantitative estimate of drug-likeness (QED) is 0.641. The Morgan fingerprint density at radius 1 is 1.40 bits per heavy atom. The zero-order valence-electron chi connectivity index (χ0n) is 11.7. The molecule has 0 radical (unpaired) electrons. The van der Waals surface area contributed by atoms with Crippen molar-refractivity contribution in [1.29, 1.82) is 0 Å². The highest BCUT2D eigenvalue weighted by Gasteiger charge is 1.97. The molecule has 0 aliphatic rings. The molecule has 1 aromatic heterocycles. The molecular weight excluding hydrogens is 254 g/mol. The van der Waals surface area contributed by atoms with Crippen LogP contribution in [0.5, 0.6) is 5.75 Å². The van der Waals surface area contributed by atoms with Crippen molar-refractivity contribution in [3.05, 3.63) is 42.2 Å². The number of benzene rings is 1. The van der Waals surface area contributed by atoms with Crippen molar-refractivity contribution < 1.29 is 4.74 Å². The summed E-state index contributed by atoms with van der Waals surface area (Å²) in [6.07, 6.45) is 3.80. The number of nitrogens with one attached hydrogen (secondary N) is 1. The van der Waals surface area contributed by atoms with Crippen molar-refractivity contribution in [2.24, 2.45) is 10.7 Å². The lowest BCUT2D eigenvalue weighted by Gasteiger charge is -2.06. The average Bonchev–Trinajstić information content (AvgIpc) is 2.85. The zero-order valence-corrected chi connectivity index (χ0v) is 11.7. The van der Waals surface area contributed by atoms with Gasteiger partial charge in [-0.3, -0.25) is 9.67 Å². The van der Waals surface area contributed by atoms with Crippen LogP contribution in [0.15, 0.2) is 41.7 Å². The van der Waals surface area contributed by atoms with E-state index >= 15 is 0 Å². The Hall–Kier alpha value is -2.50. The second-order valence-corrected chi connectivity index (χ2v) is 4.40. The number of nitrogens with zero attached hydrogens (tertiary/aromatic N) is 3. The van der Waals surface area contributed by atoms with Crippen LogP contribution in [0.3, 0.4) is 0 Å². The molecule has 1 heterocycles. The number of rotatable bonds is 5. The zero-order chi connectivity index (χ0) is 14.4. The lowest BCUT2D eigenvalue weighted by atomic mass is 10.3. The highest BCUT2D eigenvalue weighted by atomic mass is 16.5. The fourth-order valence-electron chi connectivity index (χ4n) is 1.72. The maximum absolute atomic E-state index is 5.82. The number of aryl methyl sites for hydroxylation is 1. The van der Waals surface area contributed by atoms with Gasteiger partial charge in [0.1, 0.15) is 5.75 Å². The lowest BCUT2D eigenvalue weighted by molar-refractivity contribution is 0.415. The van der Waals surface area contributed by atoms with Crippen LogP contribution in [0.1, 0.15) is 5.56 Å². The highest BCUT2D eigenvalue weighted by Crippen LogP contribution is 2.14. The normalized spacial score (nSPS) is 11.4. The van der Waals surface area contributed by atoms with Gasteiger partial charge in [0, 0.05) is 11.9 Å². The second-order valence-electron chi connectivity index (χ2n) is 4.40. The molecule has 0 bridgehead atoms. The predicted octanol–water partition coefficient (Wildman–Crippen LogP) is 1.63. The number of anilines is 1. The van der Waals surface area contributed by atoms with Gasteiger partial charge in [-0.15, -0.1) is 0 Å². The van der Waals surface area contributed by atoms with E-state index in [-0.39, 0.29) is 0 Å². The molecule has 0 atom stereocenters. The van der Waals surface area contributed by atoms with Crippen LogP contribution in [-0.4, -0.2) is 29.4 Å². The summed E-state index contributed by atoms with van der Waals surface area (Å²) in [5, 5.41) is 7.22. The molecule has 0 spiro atoms. The number of guanidine groups is 1. The van der Waals surface area contributed by atoms with E-state index < -0.39 is 0 Å². The van der Waals surface area contributed by atoms with E-state index in [1.54, 1.807) is 7.11 Å². The van der Waals surface area contributed by atoms with Crippen LogP contribution in [-0.2, 0) is 6.54 Å². The van der Waals surface area contributed by atoms with Crippen LogP contribution in [0.4, 0.5) is 5.69 Å². The number of hydrogen-bond donors (Lipinski definition) is 2. The minimum absolute atomic E-state index is 0.388. The molecule has 0 aliphatic carbocycles. The monoisotopic (exact) mass is 273 g/mol. The first kappa shape index (κ1) is 13.9. The van der Waals surface area contributed by atoms with Crippen LogP contribution in [0.2, 0.25) is 0 Å². The van der Waals surface area contributed by atoms with Crippen molar-refractivity contribution >= 4 is 11.6 Å². The Bertz CT molecular complexity index is 574. The highest BCUT2D eigenvalue weighted by molar-refractivity contribution is 5.92. The van der Waals surface area contributed by atoms with Gasteiger partial charge in [0.15, 0.2) is 5.96 Å². The third kappa shape index (κ3) is 4.01. The van der Waals surface area contributed by atoms with Crippen LogP contribution in [0.25, 0.3) is 0 Å². The molecule has 0 saturated carbocycles. The van der Waals surface area contributed by atoms with Gasteiger partial charge in [-0.25, -0.2) is 0 Å². The Morgan fingerprint density at radius 3 is 2.75 bits per heavy atom. The summed E-state index contributed by atoms with van der Waals surface area (Å²) in [7, 11) is 1.63. The number of methoxy groups -OCH3 is 1. The van der Waals surface area contributed by atoms with E-state index in [9.17, 15) is 0 Å². The summed E-state index contributed by atoms with van der Waals surface area (Å²) in [6.45, 7) is 3.29. The Kier molecular flexibility index (Phi) is 4.60. The molecule has 2 rings (SSSR count). The topological polar surface area (TPSA) is 77.5 Å². The van der Waals surface area contributed by atoms with Crippen molar-refractivity contribution in [3.63, 3.8) is 0 Å². The Balaban J connectivity index is 1.83. The first-order valence-electron chi connectivity index (χ1n) is 6.37. The lowest BCUT2D eigenvalue weighted by Crippen LogP contribution is -2.23. The second kappa shape index (κ2) is 6.60. The summed E-state index contributed by atoms with van der Waals surface area (Å²) < 4.78 is 6.94. The van der Waals surface area contributed by atoms with E-state index in [1.807, 2.05) is 48.3 Å². The summed E-state index contributed by atoms with van der Waals surface area (Å²) in [5.74, 6) is 1.19. The smallest absolute Gasteiger partial charge is 0.193 e. The summed E-state index contributed by atoms with van der Waals surface area (Å²) in [4.78, 5) is 4.26. The van der Waals surface area contributed by atoms with E-state index in [2.05, 4.69) is 15.4 Å². The van der Waals surface area contributed by atoms with Gasteiger partial charge in [0.2, 0.25) is 0 Å². The molecule has 6 nitrogen and oxygen atoms in total. The minimum Gasteiger partial charge on any atom is -0.497 e. The Labute approximate surface area is 118 Å². The molecular formula is C14H19N5O. The number of aromatic nitrogens is 2. The van der Waals surface area contributed by atoms with Crippen LogP contribution < -0.4 is 15.8 Å². The van der Waals surface area contributed by atoms with E-state index in [0.717, 1.165) is 17.0 Å². The fraction of sp³-hybridized carbons (Fsp3) is 0.286. The fourth-order valence-corrected chi connectivity index (χ4v) is 1.72. The maximum atomic E-state index is 5.82. The average molecular weight is 273 g/mol. The molecule has 2 aromatic rings. The van der Waals surface area contributed by atoms with Gasteiger partial charge in [-0.05, 0) is 36.8 Å². The van der Waals surface area contributed by atoms with Gasteiger partial charge in [0.05, 0.1) is 26.4 Å². The van der Waals surface area contributed by atoms with Crippen LogP contribution in [0, 0.1) is 6.92 Å². The molecule has 0 saturated heterocycles. The summed E-state index contributed by atoms with van der Waals surface area (Å²) >= 11 is 0. The summed E-state index contributed by atoms with van der Waals surface area (Å²) in [5.41, 5.74) is 7.84. The number of ether oxygens (including phenoxy) is 1. The number of nitrogens with two attached hydrogens (primary N) is 1. The SMILES string of the molecule is COc1ccc(NC(N)=NCCn2cc(C)cn2)cc1. The number of aliphatic imine (C=N–C) groups is 1. The van der Waals surface area contributed by atoms with Gasteiger partial charge < -0.3 is 15.8 Å². The standard InChI is InChI=1S/C14H19N5O/c1-11-9-17-19(10-11)8-7-16-14(15)18-12-3-5-13(20-2)6-4-12/h3-6,9-10H,7-8H2,1-2H3,(H3,15,16,18). The minimum atomic E-state index is 0.388. The van der Waals surface area contributed by atoms with Gasteiger partial charge in [0.25, 0.3) is 0 Å². The van der Waals surface area contributed by atoms with Gasteiger partial charge >= 0.3 is 0 Å². The van der Waals surface area contributed by atoms with Crippen molar-refractivity contribution in [2.45, 2.75) is 13.5 Å². The van der Waals surface area contributed by atoms with Crippen LogP contribution >= 0.6 is 0 Å². The molecule has 0 amide bonds. The molecule has 1 aromatic carbocycles. The van der Waals surface area contributed by atoms with E-state index in [0.29, 0.717) is 19.0 Å². The third-order valence-corrected chi connectivity index (χ3v) is 2.74. The molecule has 3 N–H and O–H groups in total. The molecule has 0 fully saturated rings. The largest absolute Gasteiger partial charge is 0.497 e. The van der Waals surface area contributed by atoms with Crippen molar-refractivity contribution in [3.8, 4) is 5.75 Å². The predicted molar refractivity (Wildman–Crippen MR) is 80.1 cm³/mol. The molecule has 20 heavy (non-hydrogen) atoms. The Morgan fingerprint density at radius 2 is 2.15 bits per heavy atom. The van der Waals surface area contributed by atoms with E-state index in [4.69, 9.17) is 10.5 Å². The number of hydrogen-bond acceptors (Lipinski definition) is 3. The third-order valence-electron chi connectivity index (χ3n) is 2.74. The molecule has 0 aliphatic heterocycles.